The number of nitrogens with zero attached hydrogens (tertiary/aromatic N) is 1. The highest BCUT2D eigenvalue weighted by Gasteiger charge is 2.40. The topological polar surface area (TPSA) is 32.3 Å². The molecule has 104 valence electrons. The van der Waals surface area contributed by atoms with Gasteiger partial charge < -0.3 is 10.2 Å². The Balaban J connectivity index is 2.19. The predicted octanol–water partition coefficient (Wildman–Crippen LogP) is 2.82. The zero-order chi connectivity index (χ0) is 13.7. The van der Waals surface area contributed by atoms with Crippen molar-refractivity contribution in [3.05, 3.63) is 30.3 Å². The highest BCUT2D eigenvalue weighted by Crippen LogP contribution is 2.36. The van der Waals surface area contributed by atoms with Crippen molar-refractivity contribution in [2.45, 2.75) is 32.6 Å². The number of rotatable bonds is 4. The molecule has 0 spiro atoms. The summed E-state index contributed by atoms with van der Waals surface area (Å²) in [5.41, 5.74) is 0.825. The third kappa shape index (κ3) is 2.98. The number of para-hydroxylation sites is 1. The third-order valence-electron chi connectivity index (χ3n) is 4.19. The van der Waals surface area contributed by atoms with Gasteiger partial charge in [-0.25, -0.2) is 0 Å². The smallest absolute Gasteiger partial charge is 0.233 e. The molecule has 1 aliphatic rings. The molecular formula is C16H24N2O. The van der Waals surface area contributed by atoms with E-state index in [1.165, 1.54) is 0 Å². The molecule has 1 amide bonds. The van der Waals surface area contributed by atoms with Crippen molar-refractivity contribution < 1.29 is 4.79 Å². The van der Waals surface area contributed by atoms with Crippen molar-refractivity contribution in [1.82, 2.24) is 5.32 Å². The molecule has 1 fully saturated rings. The molecule has 0 aromatic heterocycles. The molecule has 0 bridgehead atoms. The Morgan fingerprint density at radius 1 is 1.26 bits per heavy atom. The molecule has 3 heteroatoms. The summed E-state index contributed by atoms with van der Waals surface area (Å²) >= 11 is 0. The zero-order valence-corrected chi connectivity index (χ0v) is 12.0. The number of nitrogens with one attached hydrogen (secondary N) is 1. The van der Waals surface area contributed by atoms with Gasteiger partial charge in [0.2, 0.25) is 5.91 Å². The van der Waals surface area contributed by atoms with Crippen LogP contribution in [0.1, 0.15) is 32.6 Å². The number of piperidine rings is 1. The van der Waals surface area contributed by atoms with Gasteiger partial charge >= 0.3 is 0 Å². The number of benzene rings is 1. The maximum Gasteiger partial charge on any atom is 0.233 e. The van der Waals surface area contributed by atoms with Crippen molar-refractivity contribution in [2.75, 3.05) is 25.0 Å². The van der Waals surface area contributed by atoms with E-state index < -0.39 is 0 Å². The quantitative estimate of drug-likeness (QED) is 0.903. The Hall–Kier alpha value is -1.35. The minimum Gasteiger partial charge on any atom is -0.317 e. The average Bonchev–Trinajstić information content (AvgIpc) is 2.48. The first-order valence-electron chi connectivity index (χ1n) is 7.23. The van der Waals surface area contributed by atoms with Gasteiger partial charge in [-0.15, -0.1) is 0 Å². The van der Waals surface area contributed by atoms with Gasteiger partial charge in [-0.3, -0.25) is 4.79 Å². The Bertz CT molecular complexity index is 405. The summed E-state index contributed by atoms with van der Waals surface area (Å²) in [4.78, 5) is 14.7. The SMILES string of the molecule is CCCC1(C(=O)N(C)c2ccccc2)CCNCC1. The van der Waals surface area contributed by atoms with E-state index in [4.69, 9.17) is 0 Å². The van der Waals surface area contributed by atoms with E-state index in [0.29, 0.717) is 0 Å². The van der Waals surface area contributed by atoms with E-state index in [1.54, 1.807) is 0 Å². The lowest BCUT2D eigenvalue weighted by molar-refractivity contribution is -0.130. The van der Waals surface area contributed by atoms with Crippen LogP contribution in [-0.4, -0.2) is 26.0 Å². The van der Waals surface area contributed by atoms with Crippen LogP contribution in [0.25, 0.3) is 0 Å². The van der Waals surface area contributed by atoms with Crippen LogP contribution < -0.4 is 10.2 Å². The van der Waals surface area contributed by atoms with Gasteiger partial charge in [0.25, 0.3) is 0 Å². The van der Waals surface area contributed by atoms with E-state index in [0.717, 1.165) is 44.5 Å². The molecule has 19 heavy (non-hydrogen) atoms. The molecule has 0 saturated carbocycles. The Morgan fingerprint density at radius 2 is 1.89 bits per heavy atom. The van der Waals surface area contributed by atoms with Crippen molar-refractivity contribution in [1.29, 1.82) is 0 Å². The molecule has 1 N–H and O–H groups in total. The van der Waals surface area contributed by atoms with E-state index >= 15 is 0 Å². The molecule has 1 aliphatic heterocycles. The van der Waals surface area contributed by atoms with Crippen LogP contribution >= 0.6 is 0 Å². The van der Waals surface area contributed by atoms with Gasteiger partial charge in [-0.05, 0) is 44.5 Å². The fraction of sp³-hybridized carbons (Fsp3) is 0.562. The molecule has 3 nitrogen and oxygen atoms in total. The fourth-order valence-corrected chi connectivity index (χ4v) is 3.08. The van der Waals surface area contributed by atoms with Gasteiger partial charge in [0, 0.05) is 12.7 Å². The summed E-state index contributed by atoms with van der Waals surface area (Å²) in [6.07, 6.45) is 3.97. The number of amides is 1. The van der Waals surface area contributed by atoms with E-state index in [1.807, 2.05) is 42.3 Å². The standard InChI is InChI=1S/C16H24N2O/c1-3-9-16(10-12-17-13-11-16)15(19)18(2)14-7-5-4-6-8-14/h4-8,17H,3,9-13H2,1-2H3. The van der Waals surface area contributed by atoms with Gasteiger partial charge in [-0.2, -0.15) is 0 Å². The monoisotopic (exact) mass is 260 g/mol. The van der Waals surface area contributed by atoms with Crippen molar-refractivity contribution in [3.63, 3.8) is 0 Å². The second-order valence-corrected chi connectivity index (χ2v) is 5.48. The summed E-state index contributed by atoms with van der Waals surface area (Å²) in [5.74, 6) is 0.280. The molecule has 1 saturated heterocycles. The molecule has 2 rings (SSSR count). The van der Waals surface area contributed by atoms with Crippen LogP contribution in [0.5, 0.6) is 0 Å². The molecule has 1 heterocycles. The zero-order valence-electron chi connectivity index (χ0n) is 12.0. The van der Waals surface area contributed by atoms with E-state index in [-0.39, 0.29) is 11.3 Å². The Kier molecular flexibility index (Phi) is 4.59. The molecule has 0 unspecified atom stereocenters. The van der Waals surface area contributed by atoms with Crippen LogP contribution in [0.15, 0.2) is 30.3 Å². The number of carbonyl (C=O) groups is 1. The Labute approximate surface area is 116 Å². The fourth-order valence-electron chi connectivity index (χ4n) is 3.08. The highest BCUT2D eigenvalue weighted by molar-refractivity contribution is 5.97. The van der Waals surface area contributed by atoms with E-state index in [9.17, 15) is 4.79 Å². The highest BCUT2D eigenvalue weighted by atomic mass is 16.2. The average molecular weight is 260 g/mol. The van der Waals surface area contributed by atoms with Crippen molar-refractivity contribution in [2.24, 2.45) is 5.41 Å². The number of carbonyl (C=O) groups excluding carboxylic acids is 1. The Morgan fingerprint density at radius 3 is 2.47 bits per heavy atom. The van der Waals surface area contributed by atoms with Crippen LogP contribution in [-0.2, 0) is 4.79 Å². The first-order chi connectivity index (χ1) is 9.19. The van der Waals surface area contributed by atoms with Crippen LogP contribution in [0, 0.1) is 5.41 Å². The summed E-state index contributed by atoms with van der Waals surface area (Å²) in [5, 5.41) is 3.36. The maximum absolute atomic E-state index is 12.9. The number of anilines is 1. The number of hydrogen-bond donors (Lipinski definition) is 1. The minimum absolute atomic E-state index is 0.162. The molecule has 1 aromatic carbocycles. The second-order valence-electron chi connectivity index (χ2n) is 5.48. The van der Waals surface area contributed by atoms with Gasteiger partial charge in [0.05, 0.1) is 5.41 Å². The molecule has 1 aromatic rings. The van der Waals surface area contributed by atoms with Gasteiger partial charge in [0.15, 0.2) is 0 Å². The summed E-state index contributed by atoms with van der Waals surface area (Å²) in [6.45, 7) is 4.07. The van der Waals surface area contributed by atoms with Crippen LogP contribution in [0.3, 0.4) is 0 Å². The van der Waals surface area contributed by atoms with Crippen molar-refractivity contribution >= 4 is 11.6 Å². The molecule has 0 aliphatic carbocycles. The van der Waals surface area contributed by atoms with Gasteiger partial charge in [-0.1, -0.05) is 31.5 Å². The lowest BCUT2D eigenvalue weighted by Gasteiger charge is -2.39. The third-order valence-corrected chi connectivity index (χ3v) is 4.19. The van der Waals surface area contributed by atoms with Crippen LogP contribution in [0.4, 0.5) is 5.69 Å². The lowest BCUT2D eigenvalue weighted by Crippen LogP contribution is -2.48. The second kappa shape index (κ2) is 6.20. The molecular weight excluding hydrogens is 236 g/mol. The van der Waals surface area contributed by atoms with E-state index in [2.05, 4.69) is 12.2 Å². The summed E-state index contributed by atoms with van der Waals surface area (Å²) < 4.78 is 0. The largest absolute Gasteiger partial charge is 0.317 e. The first-order valence-corrected chi connectivity index (χ1v) is 7.23. The number of hydrogen-bond acceptors (Lipinski definition) is 2. The predicted molar refractivity (Wildman–Crippen MR) is 79.3 cm³/mol. The summed E-state index contributed by atoms with van der Waals surface area (Å²) in [7, 11) is 1.90. The molecule has 0 radical (unpaired) electrons. The maximum atomic E-state index is 12.9. The van der Waals surface area contributed by atoms with Gasteiger partial charge in [0.1, 0.15) is 0 Å². The summed E-state index contributed by atoms with van der Waals surface area (Å²) in [6, 6.07) is 9.94. The van der Waals surface area contributed by atoms with Crippen LogP contribution in [0.2, 0.25) is 0 Å². The minimum atomic E-state index is -0.162. The normalized spacial score (nSPS) is 18.0. The van der Waals surface area contributed by atoms with Crippen molar-refractivity contribution in [3.8, 4) is 0 Å². The molecule has 0 atom stereocenters. The lowest BCUT2D eigenvalue weighted by atomic mass is 9.74. The first kappa shape index (κ1) is 14.1.